The fourth-order valence-electron chi connectivity index (χ4n) is 0.961. The highest BCUT2D eigenvalue weighted by molar-refractivity contribution is 5.84. The number of nitrogens with one attached hydrogen (secondary N) is 1. The molecule has 0 fully saturated rings. The molecule has 7 heteroatoms. The lowest BCUT2D eigenvalue weighted by atomic mass is 9.98. The zero-order valence-electron chi connectivity index (χ0n) is 8.19. The van der Waals surface area contributed by atoms with E-state index in [-0.39, 0.29) is 13.0 Å². The van der Waals surface area contributed by atoms with Gasteiger partial charge in [-0.25, -0.2) is 0 Å². The van der Waals surface area contributed by atoms with Crippen LogP contribution in [-0.4, -0.2) is 45.3 Å². The lowest BCUT2D eigenvalue weighted by molar-refractivity contribution is -0.150. The predicted molar refractivity (Wildman–Crippen MR) is 48.5 cm³/mol. The van der Waals surface area contributed by atoms with Crippen LogP contribution in [0.25, 0.3) is 0 Å². The van der Waals surface area contributed by atoms with E-state index in [1.54, 1.807) is 0 Å². The number of hydrogen-bond acceptors (Lipinski definition) is 4. The molecule has 1 atom stereocenters. The third-order valence-corrected chi connectivity index (χ3v) is 1.83. The van der Waals surface area contributed by atoms with E-state index in [1.165, 1.54) is 6.92 Å². The second kappa shape index (κ2) is 5.30. The molecule has 86 valence electrons. The van der Waals surface area contributed by atoms with Gasteiger partial charge in [-0.3, -0.25) is 14.4 Å². The van der Waals surface area contributed by atoms with Gasteiger partial charge >= 0.3 is 17.9 Å². The summed E-state index contributed by atoms with van der Waals surface area (Å²) >= 11 is 0. The Labute approximate surface area is 85.7 Å². The second-order valence-corrected chi connectivity index (χ2v) is 3.28. The number of carboxylic acid groups (broad SMARTS) is 3. The molecule has 15 heavy (non-hydrogen) atoms. The molecule has 0 bridgehead atoms. The van der Waals surface area contributed by atoms with E-state index in [0.717, 1.165) is 0 Å². The molecule has 0 aromatic carbocycles. The van der Waals surface area contributed by atoms with Gasteiger partial charge in [0.25, 0.3) is 0 Å². The van der Waals surface area contributed by atoms with Gasteiger partial charge in [0.2, 0.25) is 0 Å². The summed E-state index contributed by atoms with van der Waals surface area (Å²) in [6.45, 7) is 1.11. The summed E-state index contributed by atoms with van der Waals surface area (Å²) in [5, 5.41) is 28.0. The Balaban J connectivity index is 4.32. The molecule has 0 aromatic heterocycles. The van der Waals surface area contributed by atoms with Crippen LogP contribution in [0, 0.1) is 0 Å². The van der Waals surface area contributed by atoms with Crippen molar-refractivity contribution in [1.29, 1.82) is 0 Å². The van der Waals surface area contributed by atoms with E-state index in [4.69, 9.17) is 15.3 Å². The molecule has 4 N–H and O–H groups in total. The Morgan fingerprint density at radius 1 is 1.13 bits per heavy atom. The molecule has 0 rings (SSSR count). The molecule has 0 aliphatic heterocycles. The van der Waals surface area contributed by atoms with Crippen LogP contribution in [0.2, 0.25) is 0 Å². The molecule has 0 radical (unpaired) electrons. The van der Waals surface area contributed by atoms with Gasteiger partial charge in [-0.05, 0) is 6.92 Å². The van der Waals surface area contributed by atoms with Crippen molar-refractivity contribution in [2.24, 2.45) is 0 Å². The maximum Gasteiger partial charge on any atom is 0.324 e. The summed E-state index contributed by atoms with van der Waals surface area (Å²) in [6.07, 6.45) is -0.871. The van der Waals surface area contributed by atoms with E-state index in [2.05, 4.69) is 5.32 Å². The average molecular weight is 219 g/mol. The van der Waals surface area contributed by atoms with Crippen molar-refractivity contribution in [3.8, 4) is 0 Å². The van der Waals surface area contributed by atoms with Crippen LogP contribution in [0.1, 0.15) is 19.8 Å². The fraction of sp³-hybridized carbons (Fsp3) is 0.625. The van der Waals surface area contributed by atoms with Crippen LogP contribution in [0.4, 0.5) is 0 Å². The van der Waals surface area contributed by atoms with Gasteiger partial charge in [-0.1, -0.05) is 0 Å². The van der Waals surface area contributed by atoms with Crippen molar-refractivity contribution < 1.29 is 29.7 Å². The van der Waals surface area contributed by atoms with Crippen molar-refractivity contribution in [3.05, 3.63) is 0 Å². The molecule has 0 aliphatic rings. The standard InChI is InChI=1S/C8H13NO6/c1-8(7(14)15,4-6(12)13)9-3-2-5(10)11/h9H,2-4H2,1H3,(H,10,11)(H,12,13)(H,14,15). The molecule has 0 amide bonds. The van der Waals surface area contributed by atoms with Crippen LogP contribution < -0.4 is 5.32 Å². The molecular formula is C8H13NO6. The molecule has 0 saturated carbocycles. The summed E-state index contributed by atoms with van der Waals surface area (Å²) in [7, 11) is 0. The van der Waals surface area contributed by atoms with E-state index in [9.17, 15) is 14.4 Å². The SMILES string of the molecule is CC(CC(=O)O)(NCCC(=O)O)C(=O)O. The molecule has 1 unspecified atom stereocenters. The van der Waals surface area contributed by atoms with Gasteiger partial charge in [-0.2, -0.15) is 0 Å². The van der Waals surface area contributed by atoms with Crippen molar-refractivity contribution in [2.45, 2.75) is 25.3 Å². The summed E-state index contributed by atoms with van der Waals surface area (Å²) < 4.78 is 0. The summed E-state index contributed by atoms with van der Waals surface area (Å²) in [4.78, 5) is 31.3. The third-order valence-electron chi connectivity index (χ3n) is 1.83. The zero-order valence-corrected chi connectivity index (χ0v) is 8.19. The normalized spacial score (nSPS) is 14.2. The number of carboxylic acids is 3. The van der Waals surface area contributed by atoms with E-state index >= 15 is 0 Å². The van der Waals surface area contributed by atoms with Crippen molar-refractivity contribution >= 4 is 17.9 Å². The summed E-state index contributed by atoms with van der Waals surface area (Å²) in [5.41, 5.74) is -1.64. The van der Waals surface area contributed by atoms with Gasteiger partial charge in [0.1, 0.15) is 5.54 Å². The Morgan fingerprint density at radius 2 is 1.67 bits per heavy atom. The fourth-order valence-corrected chi connectivity index (χ4v) is 0.961. The maximum absolute atomic E-state index is 10.8. The first-order valence-corrected chi connectivity index (χ1v) is 4.20. The van der Waals surface area contributed by atoms with Crippen LogP contribution in [0.5, 0.6) is 0 Å². The van der Waals surface area contributed by atoms with Gasteiger partial charge in [0.15, 0.2) is 0 Å². The van der Waals surface area contributed by atoms with Gasteiger partial charge < -0.3 is 20.6 Å². The number of hydrogen-bond donors (Lipinski definition) is 4. The molecule has 0 aliphatic carbocycles. The molecule has 0 aromatic rings. The summed E-state index contributed by atoms with van der Waals surface area (Å²) in [6, 6.07) is 0. The van der Waals surface area contributed by atoms with Gasteiger partial charge in [0.05, 0.1) is 12.8 Å². The van der Waals surface area contributed by atoms with Gasteiger partial charge in [0, 0.05) is 6.54 Å². The molecule has 0 saturated heterocycles. The monoisotopic (exact) mass is 219 g/mol. The first-order valence-electron chi connectivity index (χ1n) is 4.20. The predicted octanol–water partition coefficient (Wildman–Crippen LogP) is -0.631. The molecule has 0 heterocycles. The smallest absolute Gasteiger partial charge is 0.324 e. The minimum Gasteiger partial charge on any atom is -0.481 e. The highest BCUT2D eigenvalue weighted by Crippen LogP contribution is 2.09. The average Bonchev–Trinajstić information content (AvgIpc) is 2.01. The van der Waals surface area contributed by atoms with Gasteiger partial charge in [-0.15, -0.1) is 0 Å². The Hall–Kier alpha value is -1.63. The second-order valence-electron chi connectivity index (χ2n) is 3.28. The topological polar surface area (TPSA) is 124 Å². The minimum atomic E-state index is -1.64. The Bertz CT molecular complexity index is 276. The largest absolute Gasteiger partial charge is 0.481 e. The quantitative estimate of drug-likeness (QED) is 0.449. The Kier molecular flexibility index (Phi) is 4.72. The summed E-state index contributed by atoms with van der Waals surface area (Å²) in [5.74, 6) is -3.66. The van der Waals surface area contributed by atoms with E-state index in [1.807, 2.05) is 0 Å². The van der Waals surface area contributed by atoms with Crippen LogP contribution in [0.15, 0.2) is 0 Å². The van der Waals surface area contributed by atoms with Crippen LogP contribution in [0.3, 0.4) is 0 Å². The number of carbonyl (C=O) groups is 3. The maximum atomic E-state index is 10.8. The third kappa shape index (κ3) is 4.96. The number of rotatable bonds is 7. The van der Waals surface area contributed by atoms with Crippen molar-refractivity contribution in [1.82, 2.24) is 5.32 Å². The Morgan fingerprint density at radius 3 is 2.00 bits per heavy atom. The van der Waals surface area contributed by atoms with Crippen LogP contribution in [-0.2, 0) is 14.4 Å². The van der Waals surface area contributed by atoms with Crippen molar-refractivity contribution in [3.63, 3.8) is 0 Å². The molecular weight excluding hydrogens is 206 g/mol. The highest BCUT2D eigenvalue weighted by Gasteiger charge is 2.35. The van der Waals surface area contributed by atoms with Crippen molar-refractivity contribution in [2.75, 3.05) is 6.54 Å². The zero-order chi connectivity index (χ0) is 12.1. The van der Waals surface area contributed by atoms with E-state index < -0.39 is 29.9 Å². The van der Waals surface area contributed by atoms with Crippen LogP contribution >= 0.6 is 0 Å². The molecule has 7 nitrogen and oxygen atoms in total. The lowest BCUT2D eigenvalue weighted by Crippen LogP contribution is -2.51. The van der Waals surface area contributed by atoms with E-state index in [0.29, 0.717) is 0 Å². The first-order chi connectivity index (χ1) is 6.78. The minimum absolute atomic E-state index is 0.0919. The number of aliphatic carboxylic acids is 3. The highest BCUT2D eigenvalue weighted by atomic mass is 16.4. The molecule has 0 spiro atoms. The first kappa shape index (κ1) is 13.4. The lowest BCUT2D eigenvalue weighted by Gasteiger charge is -2.23.